The van der Waals surface area contributed by atoms with Crippen molar-refractivity contribution in [1.82, 2.24) is 15.6 Å². The molecule has 0 saturated carbocycles. The first-order valence-electron chi connectivity index (χ1n) is 8.39. The number of rotatable bonds is 6. The van der Waals surface area contributed by atoms with Crippen molar-refractivity contribution in [1.29, 1.82) is 0 Å². The molecule has 0 fully saturated rings. The summed E-state index contributed by atoms with van der Waals surface area (Å²) < 4.78 is 29.0. The van der Waals surface area contributed by atoms with Crippen LogP contribution in [0.3, 0.4) is 0 Å². The Balaban J connectivity index is 1.85. The van der Waals surface area contributed by atoms with Crippen molar-refractivity contribution in [2.75, 3.05) is 19.3 Å². The van der Waals surface area contributed by atoms with Crippen LogP contribution in [0, 0.1) is 0 Å². The molecule has 0 saturated heterocycles. The van der Waals surface area contributed by atoms with Crippen LogP contribution in [-0.2, 0) is 16.4 Å². The van der Waals surface area contributed by atoms with Crippen molar-refractivity contribution in [3.63, 3.8) is 0 Å². The first-order valence-corrected chi connectivity index (χ1v) is 10.0. The number of hydrogen-bond acceptors (Lipinski definition) is 5. The monoisotopic (exact) mass is 378 g/mol. The van der Waals surface area contributed by atoms with E-state index in [9.17, 15) is 8.42 Å². The first-order chi connectivity index (χ1) is 12.2. The molecule has 0 radical (unpaired) electrons. The van der Waals surface area contributed by atoms with Gasteiger partial charge in [-0.15, -0.1) is 0 Å². The molecule has 0 amide bonds. The van der Waals surface area contributed by atoms with E-state index in [2.05, 4.69) is 20.6 Å². The summed E-state index contributed by atoms with van der Waals surface area (Å²) in [5, 5.41) is 6.10. The molecule has 0 aliphatic heterocycles. The topological polar surface area (TPSA) is 96.6 Å². The molecule has 0 aliphatic rings. The van der Waals surface area contributed by atoms with E-state index in [0.29, 0.717) is 18.4 Å². The van der Waals surface area contributed by atoms with E-state index in [4.69, 9.17) is 4.42 Å². The maximum atomic E-state index is 12.1. The lowest BCUT2D eigenvalue weighted by molar-refractivity contribution is 0.559. The average Bonchev–Trinajstić information content (AvgIpc) is 3.06. The highest BCUT2D eigenvalue weighted by atomic mass is 32.2. The third-order valence-corrected chi connectivity index (χ3v) is 6.44. The summed E-state index contributed by atoms with van der Waals surface area (Å²) in [6, 6.07) is 9.65. The normalized spacial score (nSPS) is 12.8. The Bertz CT molecular complexity index is 837. The smallest absolute Gasteiger partial charge is 0.226 e. The van der Waals surface area contributed by atoms with Crippen molar-refractivity contribution in [3.8, 4) is 11.5 Å². The molecule has 7 nitrogen and oxygen atoms in total. The zero-order valence-electron chi connectivity index (χ0n) is 15.6. The third kappa shape index (κ3) is 5.32. The first kappa shape index (κ1) is 20.0. The van der Waals surface area contributed by atoms with Crippen molar-refractivity contribution in [2.24, 2.45) is 4.99 Å². The van der Waals surface area contributed by atoms with Gasteiger partial charge in [0.25, 0.3) is 0 Å². The molecule has 0 spiro atoms. The second-order valence-corrected chi connectivity index (χ2v) is 9.66. The molecule has 2 rings (SSSR count). The number of hydrogen-bond donors (Lipinski definition) is 2. The van der Waals surface area contributed by atoms with E-state index in [-0.39, 0.29) is 12.3 Å². The molecular weight excluding hydrogens is 352 g/mol. The largest absolute Gasteiger partial charge is 0.444 e. The van der Waals surface area contributed by atoms with Crippen LogP contribution in [0.2, 0.25) is 0 Å². The molecule has 0 aliphatic carbocycles. The second kappa shape index (κ2) is 8.35. The van der Waals surface area contributed by atoms with Gasteiger partial charge in [0.1, 0.15) is 6.26 Å². The van der Waals surface area contributed by atoms with E-state index < -0.39 is 14.6 Å². The van der Waals surface area contributed by atoms with Gasteiger partial charge in [-0.2, -0.15) is 0 Å². The number of sulfone groups is 1. The van der Waals surface area contributed by atoms with Crippen LogP contribution in [0.25, 0.3) is 11.5 Å². The zero-order valence-corrected chi connectivity index (χ0v) is 16.4. The Morgan fingerprint density at radius 3 is 2.50 bits per heavy atom. The molecule has 2 N–H and O–H groups in total. The summed E-state index contributed by atoms with van der Waals surface area (Å²) in [5.41, 5.74) is 1.64. The number of aliphatic imine (C=N–C) groups is 1. The van der Waals surface area contributed by atoms with Gasteiger partial charge in [-0.25, -0.2) is 13.4 Å². The van der Waals surface area contributed by atoms with E-state index in [1.54, 1.807) is 34.1 Å². The standard InChI is InChI=1S/C18H26N4O3S/c1-18(2,3)26(23,24)11-10-20-17(19-4)21-12-15-13-25-16(22-15)14-8-6-5-7-9-14/h5-9,13H,10-12H2,1-4H3,(H2,19,20,21). The van der Waals surface area contributed by atoms with Gasteiger partial charge in [0, 0.05) is 19.2 Å². The summed E-state index contributed by atoms with van der Waals surface area (Å²) in [6.07, 6.45) is 1.59. The summed E-state index contributed by atoms with van der Waals surface area (Å²) in [7, 11) is -1.54. The summed E-state index contributed by atoms with van der Waals surface area (Å²) in [4.78, 5) is 8.52. The molecule has 8 heteroatoms. The van der Waals surface area contributed by atoms with Crippen molar-refractivity contribution >= 4 is 15.8 Å². The van der Waals surface area contributed by atoms with Crippen LogP contribution in [0.1, 0.15) is 26.5 Å². The Kier molecular flexibility index (Phi) is 6.42. The number of aromatic nitrogens is 1. The minimum Gasteiger partial charge on any atom is -0.444 e. The highest BCUT2D eigenvalue weighted by Crippen LogP contribution is 2.17. The molecule has 0 atom stereocenters. The number of nitrogens with one attached hydrogen (secondary N) is 2. The van der Waals surface area contributed by atoms with Crippen molar-refractivity contribution in [2.45, 2.75) is 32.1 Å². The van der Waals surface area contributed by atoms with Crippen LogP contribution in [0.15, 0.2) is 46.0 Å². The van der Waals surface area contributed by atoms with Gasteiger partial charge in [0.2, 0.25) is 5.89 Å². The van der Waals surface area contributed by atoms with Crippen molar-refractivity contribution in [3.05, 3.63) is 42.3 Å². The molecule has 26 heavy (non-hydrogen) atoms. The number of benzene rings is 1. The zero-order chi connectivity index (χ0) is 19.2. The van der Waals surface area contributed by atoms with Crippen LogP contribution in [-0.4, -0.2) is 43.5 Å². The molecule has 2 aromatic rings. The Morgan fingerprint density at radius 2 is 1.88 bits per heavy atom. The maximum Gasteiger partial charge on any atom is 0.226 e. The number of nitrogens with zero attached hydrogens (tertiary/aromatic N) is 2. The lowest BCUT2D eigenvalue weighted by Crippen LogP contribution is -2.41. The van der Waals surface area contributed by atoms with Crippen LogP contribution >= 0.6 is 0 Å². The highest BCUT2D eigenvalue weighted by Gasteiger charge is 2.28. The fourth-order valence-corrected chi connectivity index (χ4v) is 3.09. The predicted octanol–water partition coefficient (Wildman–Crippen LogP) is 2.22. The van der Waals surface area contributed by atoms with Gasteiger partial charge >= 0.3 is 0 Å². The fraction of sp³-hybridized carbons (Fsp3) is 0.444. The molecule has 1 aromatic carbocycles. The number of oxazole rings is 1. The summed E-state index contributed by atoms with van der Waals surface area (Å²) in [6.45, 7) is 5.80. The van der Waals surface area contributed by atoms with Gasteiger partial charge in [0.05, 0.1) is 22.7 Å². The van der Waals surface area contributed by atoms with Gasteiger partial charge in [-0.05, 0) is 32.9 Å². The Hall–Kier alpha value is -2.35. The van der Waals surface area contributed by atoms with Gasteiger partial charge in [0.15, 0.2) is 15.8 Å². The van der Waals surface area contributed by atoms with Crippen molar-refractivity contribution < 1.29 is 12.8 Å². The van der Waals surface area contributed by atoms with E-state index >= 15 is 0 Å². The van der Waals surface area contributed by atoms with Crippen LogP contribution in [0.5, 0.6) is 0 Å². The molecule has 0 unspecified atom stereocenters. The summed E-state index contributed by atoms with van der Waals surface area (Å²) in [5.74, 6) is 1.11. The number of guanidine groups is 1. The maximum absolute atomic E-state index is 12.1. The SMILES string of the molecule is CN=C(NCCS(=O)(=O)C(C)(C)C)NCc1coc(-c2ccccc2)n1. The Morgan fingerprint density at radius 1 is 1.19 bits per heavy atom. The summed E-state index contributed by atoms with van der Waals surface area (Å²) >= 11 is 0. The molecule has 1 aromatic heterocycles. The predicted molar refractivity (Wildman–Crippen MR) is 104 cm³/mol. The third-order valence-electron chi connectivity index (χ3n) is 3.83. The van der Waals surface area contributed by atoms with Crippen LogP contribution < -0.4 is 10.6 Å². The molecule has 1 heterocycles. The minimum absolute atomic E-state index is 0.0410. The minimum atomic E-state index is -3.17. The van der Waals surface area contributed by atoms with Crippen LogP contribution in [0.4, 0.5) is 0 Å². The van der Waals surface area contributed by atoms with Gasteiger partial charge in [-0.3, -0.25) is 4.99 Å². The van der Waals surface area contributed by atoms with E-state index in [1.165, 1.54) is 0 Å². The lowest BCUT2D eigenvalue weighted by atomic mass is 10.2. The molecule has 0 bridgehead atoms. The lowest BCUT2D eigenvalue weighted by Gasteiger charge is -2.19. The Labute approximate surface area is 154 Å². The molecular formula is C18H26N4O3S. The quantitative estimate of drug-likeness (QED) is 0.591. The van der Waals surface area contributed by atoms with Gasteiger partial charge in [-0.1, -0.05) is 18.2 Å². The average molecular weight is 378 g/mol. The van der Waals surface area contributed by atoms with Gasteiger partial charge < -0.3 is 15.1 Å². The van der Waals surface area contributed by atoms with E-state index in [0.717, 1.165) is 11.3 Å². The molecule has 142 valence electrons. The second-order valence-electron chi connectivity index (χ2n) is 6.79. The highest BCUT2D eigenvalue weighted by molar-refractivity contribution is 7.92. The fourth-order valence-electron chi connectivity index (χ4n) is 2.11. The van der Waals surface area contributed by atoms with E-state index in [1.807, 2.05) is 30.3 Å².